The van der Waals surface area contributed by atoms with Gasteiger partial charge in [-0.15, -0.1) is 0 Å². The number of carboxylic acids is 1. The Morgan fingerprint density at radius 3 is 2.70 bits per heavy atom. The smallest absolute Gasteiger partial charge is 0.335 e. The molecule has 1 N–H and O–H groups in total. The van der Waals surface area contributed by atoms with E-state index >= 15 is 0 Å². The summed E-state index contributed by atoms with van der Waals surface area (Å²) >= 11 is 14.6. The van der Waals surface area contributed by atoms with Gasteiger partial charge in [-0.3, -0.25) is 4.90 Å². The highest BCUT2D eigenvalue weighted by Crippen LogP contribution is 2.46. The summed E-state index contributed by atoms with van der Waals surface area (Å²) in [5.74, 6) is 0.790. The summed E-state index contributed by atoms with van der Waals surface area (Å²) in [6.07, 6.45) is 3.05. The molecule has 43 heavy (non-hydrogen) atoms. The van der Waals surface area contributed by atoms with E-state index in [0.29, 0.717) is 51.1 Å². The minimum absolute atomic E-state index is 0.0704. The Morgan fingerprint density at radius 1 is 1.19 bits per heavy atom. The van der Waals surface area contributed by atoms with Crippen molar-refractivity contribution in [3.05, 3.63) is 57.3 Å². The number of hydrogen-bond acceptors (Lipinski definition) is 9. The van der Waals surface area contributed by atoms with E-state index in [4.69, 9.17) is 42.2 Å². The molecular weight excluding hydrogens is 611 g/mol. The lowest BCUT2D eigenvalue weighted by atomic mass is 10.0. The molecule has 3 fully saturated rings. The molecule has 0 radical (unpaired) electrons. The van der Waals surface area contributed by atoms with Gasteiger partial charge in [-0.05, 0) is 57.4 Å². The van der Waals surface area contributed by atoms with Gasteiger partial charge in [0.2, 0.25) is 0 Å². The normalized spacial score (nSPS) is 20.7. The molecule has 4 heterocycles. The van der Waals surface area contributed by atoms with Crippen molar-refractivity contribution in [1.82, 2.24) is 15.0 Å². The van der Waals surface area contributed by atoms with Gasteiger partial charge in [-0.1, -0.05) is 45.8 Å². The maximum absolute atomic E-state index is 11.7. The van der Waals surface area contributed by atoms with Gasteiger partial charge in [-0.2, -0.15) is 0 Å². The van der Waals surface area contributed by atoms with Gasteiger partial charge in [0.05, 0.1) is 39.1 Å². The molecule has 1 saturated carbocycles. The minimum atomic E-state index is -0.978. The summed E-state index contributed by atoms with van der Waals surface area (Å²) in [4.78, 5) is 21.4. The molecular formula is C31H32Cl2N4O5S. The van der Waals surface area contributed by atoms with Gasteiger partial charge in [0, 0.05) is 49.3 Å². The maximum Gasteiger partial charge on any atom is 0.335 e. The molecule has 2 saturated heterocycles. The number of anilines is 1. The summed E-state index contributed by atoms with van der Waals surface area (Å²) in [5.41, 5.74) is 3.22. The minimum Gasteiger partial charge on any atom is -0.489 e. The molecule has 2 aliphatic heterocycles. The lowest BCUT2D eigenvalue weighted by Gasteiger charge is -2.37. The van der Waals surface area contributed by atoms with Crippen LogP contribution in [-0.2, 0) is 11.3 Å². The van der Waals surface area contributed by atoms with Crippen LogP contribution >= 0.6 is 34.5 Å². The lowest BCUT2D eigenvalue weighted by Crippen LogP contribution is -2.50. The van der Waals surface area contributed by atoms with Gasteiger partial charge in [0.1, 0.15) is 22.7 Å². The summed E-state index contributed by atoms with van der Waals surface area (Å²) in [7, 11) is 0. The predicted molar refractivity (Wildman–Crippen MR) is 167 cm³/mol. The summed E-state index contributed by atoms with van der Waals surface area (Å²) in [5, 5.41) is 16.0. The summed E-state index contributed by atoms with van der Waals surface area (Å²) < 4.78 is 19.1. The van der Waals surface area contributed by atoms with Crippen molar-refractivity contribution in [2.75, 3.05) is 31.1 Å². The Bertz CT molecular complexity index is 1670. The second kappa shape index (κ2) is 11.6. The fraction of sp³-hybridized carbons (Fsp3) is 0.452. The quantitative estimate of drug-likeness (QED) is 0.205. The second-order valence-corrected chi connectivity index (χ2v) is 13.6. The van der Waals surface area contributed by atoms with Crippen LogP contribution in [0.5, 0.6) is 5.75 Å². The zero-order chi connectivity index (χ0) is 29.8. The van der Waals surface area contributed by atoms with Crippen LogP contribution in [0.25, 0.3) is 21.5 Å². The molecule has 226 valence electrons. The average Bonchev–Trinajstić information content (AvgIpc) is 3.38. The number of carboxylic acid groups (broad SMARTS) is 1. The number of fused-ring (bicyclic) bond motifs is 2. The number of benzene rings is 2. The van der Waals surface area contributed by atoms with Crippen LogP contribution in [-0.4, -0.2) is 70.5 Å². The molecule has 4 aromatic rings. The molecule has 0 unspecified atom stereocenters. The van der Waals surface area contributed by atoms with Gasteiger partial charge in [0.15, 0.2) is 5.13 Å². The van der Waals surface area contributed by atoms with Gasteiger partial charge in [-0.25, -0.2) is 9.78 Å². The number of piperazine rings is 1. The number of carbonyl (C=O) groups is 1. The average molecular weight is 644 g/mol. The Hall–Kier alpha value is -2.89. The first-order valence-electron chi connectivity index (χ1n) is 14.6. The molecule has 2 aromatic carbocycles. The van der Waals surface area contributed by atoms with E-state index in [0.717, 1.165) is 66.6 Å². The van der Waals surface area contributed by atoms with Crippen molar-refractivity contribution >= 4 is 55.9 Å². The van der Waals surface area contributed by atoms with Gasteiger partial charge >= 0.3 is 5.97 Å². The van der Waals surface area contributed by atoms with Crippen molar-refractivity contribution in [2.45, 2.75) is 63.9 Å². The third kappa shape index (κ3) is 5.71. The van der Waals surface area contributed by atoms with E-state index < -0.39 is 5.97 Å². The van der Waals surface area contributed by atoms with Crippen LogP contribution in [0.4, 0.5) is 5.13 Å². The number of halogens is 2. The molecule has 9 nitrogen and oxygen atoms in total. The SMILES string of the molecule is CC(C)Oc1cc(C(=O)O)cc2sc(N3CCN4C[C@H](OCc5c(-c6c(Cl)cccc6Cl)noc5C5CC5)C[C@H]4C3)nc12. The molecule has 2 aromatic heterocycles. The van der Waals surface area contributed by atoms with Crippen LogP contribution in [0.2, 0.25) is 10.0 Å². The lowest BCUT2D eigenvalue weighted by molar-refractivity contribution is 0.0463. The van der Waals surface area contributed by atoms with Crippen LogP contribution in [0, 0.1) is 0 Å². The van der Waals surface area contributed by atoms with Crippen molar-refractivity contribution in [3.63, 3.8) is 0 Å². The highest BCUT2D eigenvalue weighted by molar-refractivity contribution is 7.22. The van der Waals surface area contributed by atoms with Crippen molar-refractivity contribution in [3.8, 4) is 17.0 Å². The van der Waals surface area contributed by atoms with E-state index in [1.165, 1.54) is 11.3 Å². The van der Waals surface area contributed by atoms with E-state index in [9.17, 15) is 9.90 Å². The summed E-state index contributed by atoms with van der Waals surface area (Å²) in [6.45, 7) is 7.66. The fourth-order valence-corrected chi connectivity index (χ4v) is 7.76. The van der Waals surface area contributed by atoms with Crippen LogP contribution < -0.4 is 9.64 Å². The molecule has 12 heteroatoms. The fourth-order valence-electron chi connectivity index (χ4n) is 6.13. The topological polar surface area (TPSA) is 101 Å². The highest BCUT2D eigenvalue weighted by Gasteiger charge is 2.39. The van der Waals surface area contributed by atoms with E-state index in [1.54, 1.807) is 12.1 Å². The van der Waals surface area contributed by atoms with E-state index in [1.807, 2.05) is 32.0 Å². The second-order valence-electron chi connectivity index (χ2n) is 11.8. The number of nitrogens with zero attached hydrogens (tertiary/aromatic N) is 4. The highest BCUT2D eigenvalue weighted by atomic mass is 35.5. The zero-order valence-electron chi connectivity index (χ0n) is 23.9. The van der Waals surface area contributed by atoms with Crippen LogP contribution in [0.1, 0.15) is 60.7 Å². The molecule has 0 spiro atoms. The van der Waals surface area contributed by atoms with Crippen LogP contribution in [0.3, 0.4) is 0 Å². The van der Waals surface area contributed by atoms with Crippen LogP contribution in [0.15, 0.2) is 34.9 Å². The van der Waals surface area contributed by atoms with Gasteiger partial charge in [0.25, 0.3) is 0 Å². The third-order valence-corrected chi connectivity index (χ3v) is 10.0. The van der Waals surface area contributed by atoms with Crippen molar-refractivity contribution in [2.24, 2.45) is 0 Å². The molecule has 0 amide bonds. The van der Waals surface area contributed by atoms with Gasteiger partial charge < -0.3 is 24.0 Å². The number of hydrogen-bond donors (Lipinski definition) is 1. The molecule has 2 atom stereocenters. The standard InChI is InChI=1S/C31H32Cl2N4O5S/c1-16(2)41-24-10-18(30(38)39)11-25-28(24)34-31(43-25)37-9-8-36-14-20(12-19(36)13-37)40-15-21-27(35-42-29(21)17-6-7-17)26-22(32)4-3-5-23(26)33/h3-5,10-11,16-17,19-20H,6-9,12-15H2,1-2H3,(H,38,39)/t19-,20+/m0/s1. The Morgan fingerprint density at radius 2 is 1.98 bits per heavy atom. The van der Waals surface area contributed by atoms with E-state index in [2.05, 4.69) is 15.0 Å². The first-order valence-corrected chi connectivity index (χ1v) is 16.2. The first-order chi connectivity index (χ1) is 20.7. The molecule has 0 bridgehead atoms. The predicted octanol–water partition coefficient (Wildman–Crippen LogP) is 7.10. The zero-order valence-corrected chi connectivity index (χ0v) is 26.2. The summed E-state index contributed by atoms with van der Waals surface area (Å²) in [6, 6.07) is 9.04. The Kier molecular flexibility index (Phi) is 7.75. The first kappa shape index (κ1) is 28.9. The van der Waals surface area contributed by atoms with E-state index in [-0.39, 0.29) is 17.8 Å². The third-order valence-electron chi connectivity index (χ3n) is 8.34. The number of aromatic carboxylic acids is 1. The van der Waals surface area contributed by atoms with Crippen molar-refractivity contribution < 1.29 is 23.9 Å². The Balaban J connectivity index is 1.06. The number of aromatic nitrogens is 2. The maximum atomic E-state index is 11.7. The largest absolute Gasteiger partial charge is 0.489 e. The number of ether oxygens (including phenoxy) is 2. The van der Waals surface area contributed by atoms with Crippen molar-refractivity contribution in [1.29, 1.82) is 0 Å². The number of thiazole rings is 1. The number of rotatable bonds is 9. The molecule has 7 rings (SSSR count). The Labute approximate surface area is 263 Å². The molecule has 3 aliphatic rings. The monoisotopic (exact) mass is 642 g/mol. The molecule has 1 aliphatic carbocycles.